The van der Waals surface area contributed by atoms with Crippen molar-refractivity contribution in [3.8, 4) is 11.5 Å². The Hall–Kier alpha value is -2.80. The van der Waals surface area contributed by atoms with Crippen molar-refractivity contribution in [2.45, 2.75) is 27.2 Å². The highest BCUT2D eigenvalue weighted by molar-refractivity contribution is 6.31. The van der Waals surface area contributed by atoms with Crippen molar-refractivity contribution in [2.24, 2.45) is 0 Å². The van der Waals surface area contributed by atoms with Gasteiger partial charge in [0.15, 0.2) is 18.1 Å². The number of hydrogen-bond donors (Lipinski definition) is 1. The van der Waals surface area contributed by atoms with E-state index in [1.807, 2.05) is 13.8 Å². The molecule has 0 aromatic heterocycles. The van der Waals surface area contributed by atoms with Crippen LogP contribution in [0.1, 0.15) is 27.2 Å². The first-order valence-corrected chi connectivity index (χ1v) is 8.99. The first-order valence-electron chi connectivity index (χ1n) is 8.61. The molecule has 152 valence electrons. The van der Waals surface area contributed by atoms with Gasteiger partial charge in [0.2, 0.25) is 5.91 Å². The lowest BCUT2D eigenvalue weighted by Crippen LogP contribution is -2.19. The molecule has 0 unspecified atom stereocenters. The summed E-state index contributed by atoms with van der Waals surface area (Å²) in [4.78, 5) is 22.4. The average molecular weight is 412 g/mol. The molecule has 0 fully saturated rings. The molecule has 0 spiro atoms. The molecule has 1 amide bonds. The monoisotopic (exact) mass is 411 g/mol. The molecular weight excluding hydrogens is 389 g/mol. The summed E-state index contributed by atoms with van der Waals surface area (Å²) in [5, 5.41) is 2.43. The number of rotatable bonds is 6. The normalized spacial score (nSPS) is 13.2. The Kier molecular flexibility index (Phi) is 9.81. The number of nitrogens with one attached hydrogen (secondary N) is 1. The van der Waals surface area contributed by atoms with E-state index >= 15 is 0 Å². The molecule has 1 aromatic carbocycles. The summed E-state index contributed by atoms with van der Waals surface area (Å²) in [7, 11) is 1.25. The summed E-state index contributed by atoms with van der Waals surface area (Å²) in [5.41, 5.74) is 0.0180. The van der Waals surface area contributed by atoms with Crippen LogP contribution in [-0.2, 0) is 14.3 Å². The van der Waals surface area contributed by atoms with Gasteiger partial charge in [-0.25, -0.2) is 9.18 Å². The molecule has 0 heterocycles. The third-order valence-electron chi connectivity index (χ3n) is 3.23. The number of methoxy groups -OCH3 is 1. The third kappa shape index (κ3) is 7.08. The quantitative estimate of drug-likeness (QED) is 0.703. The summed E-state index contributed by atoms with van der Waals surface area (Å²) < 4.78 is 29.7. The van der Waals surface area contributed by atoms with Gasteiger partial charge in [-0.3, -0.25) is 4.79 Å². The van der Waals surface area contributed by atoms with Crippen molar-refractivity contribution in [2.75, 3.05) is 13.7 Å². The Bertz CT molecular complexity index is 802. The first kappa shape index (κ1) is 23.2. The lowest BCUT2D eigenvalue weighted by atomic mass is 10.3. The first-order chi connectivity index (χ1) is 13.4. The highest BCUT2D eigenvalue weighted by Gasteiger charge is 2.17. The van der Waals surface area contributed by atoms with E-state index < -0.39 is 17.7 Å². The van der Waals surface area contributed by atoms with Gasteiger partial charge >= 0.3 is 5.97 Å². The predicted octanol–water partition coefficient (Wildman–Crippen LogP) is 4.37. The minimum absolute atomic E-state index is 0.0180. The van der Waals surface area contributed by atoms with Gasteiger partial charge in [-0.05, 0) is 18.2 Å². The van der Waals surface area contributed by atoms with Crippen LogP contribution >= 0.6 is 11.6 Å². The van der Waals surface area contributed by atoms with E-state index in [4.69, 9.17) is 21.1 Å². The molecule has 0 aliphatic heterocycles. The van der Waals surface area contributed by atoms with E-state index in [9.17, 15) is 14.0 Å². The second-order valence-electron chi connectivity index (χ2n) is 5.18. The van der Waals surface area contributed by atoms with Crippen LogP contribution in [0.25, 0.3) is 0 Å². The maximum Gasteiger partial charge on any atom is 0.343 e. The fourth-order valence-electron chi connectivity index (χ4n) is 2.03. The summed E-state index contributed by atoms with van der Waals surface area (Å²) in [5.74, 6) is -0.763. The van der Waals surface area contributed by atoms with Gasteiger partial charge in [0.1, 0.15) is 11.6 Å². The molecule has 0 atom stereocenters. The Balaban J connectivity index is 0.00000190. The Morgan fingerprint density at radius 2 is 1.86 bits per heavy atom. The van der Waals surface area contributed by atoms with Crippen LogP contribution in [0.5, 0.6) is 11.5 Å². The van der Waals surface area contributed by atoms with Gasteiger partial charge in [-0.15, -0.1) is 0 Å². The van der Waals surface area contributed by atoms with Crippen molar-refractivity contribution in [1.82, 2.24) is 5.32 Å². The zero-order chi connectivity index (χ0) is 21.1. The maximum absolute atomic E-state index is 14.1. The number of benzene rings is 1. The molecule has 0 bridgehead atoms. The van der Waals surface area contributed by atoms with E-state index in [2.05, 4.69) is 10.1 Å². The van der Waals surface area contributed by atoms with Crippen molar-refractivity contribution in [3.63, 3.8) is 0 Å². The van der Waals surface area contributed by atoms with E-state index in [0.29, 0.717) is 11.5 Å². The number of esters is 1. The lowest BCUT2D eigenvalue weighted by Gasteiger charge is -2.13. The number of allylic oxidation sites excluding steroid dienone is 4. The summed E-state index contributed by atoms with van der Waals surface area (Å²) in [6.07, 6.45) is 2.66. The molecule has 6 nitrogen and oxygen atoms in total. The number of halogens is 2. The number of carbonyl (C=O) groups is 2. The van der Waals surface area contributed by atoms with E-state index in [1.165, 1.54) is 20.1 Å². The third-order valence-corrected chi connectivity index (χ3v) is 3.55. The highest BCUT2D eigenvalue weighted by Crippen LogP contribution is 2.32. The fraction of sp³-hybridized carbons (Fsp3) is 0.300. The zero-order valence-electron chi connectivity index (χ0n) is 16.2. The molecule has 0 saturated carbocycles. The van der Waals surface area contributed by atoms with Crippen LogP contribution < -0.4 is 14.8 Å². The molecule has 0 radical (unpaired) electrons. The molecule has 1 aliphatic carbocycles. The topological polar surface area (TPSA) is 73.9 Å². The van der Waals surface area contributed by atoms with Gasteiger partial charge in [0.05, 0.1) is 17.8 Å². The average Bonchev–Trinajstić information content (AvgIpc) is 2.81. The lowest BCUT2D eigenvalue weighted by molar-refractivity contribution is -0.142. The fourth-order valence-corrected chi connectivity index (χ4v) is 2.24. The summed E-state index contributed by atoms with van der Waals surface area (Å²) >= 11 is 6.11. The van der Waals surface area contributed by atoms with Crippen LogP contribution in [0.15, 0.2) is 58.7 Å². The van der Waals surface area contributed by atoms with Gasteiger partial charge in [0, 0.05) is 13.3 Å². The molecule has 1 N–H and O–H groups in total. The Morgan fingerprint density at radius 1 is 1.21 bits per heavy atom. The molecule has 1 aliphatic rings. The maximum atomic E-state index is 14.1. The molecular formula is C20H23ClFNO5. The minimum atomic E-state index is -0.681. The zero-order valence-corrected chi connectivity index (χ0v) is 16.9. The summed E-state index contributed by atoms with van der Waals surface area (Å²) in [6.45, 7) is 4.99. The SMILES string of the molecule is CC.COC(=O)COc1ccccc1OC1=C(Cl)C=C(F)C(NC(C)=O)=CC1. The Labute approximate surface area is 168 Å². The molecule has 1 aromatic rings. The van der Waals surface area contributed by atoms with E-state index in [1.54, 1.807) is 24.3 Å². The number of amides is 1. The van der Waals surface area contributed by atoms with Crippen LogP contribution in [0.3, 0.4) is 0 Å². The van der Waals surface area contributed by atoms with Gasteiger partial charge < -0.3 is 19.5 Å². The van der Waals surface area contributed by atoms with E-state index in [0.717, 1.165) is 6.08 Å². The number of para-hydroxylation sites is 2. The molecule has 2 rings (SSSR count). The summed E-state index contributed by atoms with van der Waals surface area (Å²) in [6, 6.07) is 6.64. The van der Waals surface area contributed by atoms with Crippen LogP contribution in [0.4, 0.5) is 4.39 Å². The molecule has 0 saturated heterocycles. The number of ether oxygens (including phenoxy) is 3. The van der Waals surface area contributed by atoms with Gasteiger partial charge in [-0.2, -0.15) is 0 Å². The highest BCUT2D eigenvalue weighted by atomic mass is 35.5. The van der Waals surface area contributed by atoms with Crippen molar-refractivity contribution >= 4 is 23.5 Å². The number of hydrogen-bond acceptors (Lipinski definition) is 5. The van der Waals surface area contributed by atoms with Crippen molar-refractivity contribution in [1.29, 1.82) is 0 Å². The minimum Gasteiger partial charge on any atom is -0.478 e. The van der Waals surface area contributed by atoms with Crippen LogP contribution in [-0.4, -0.2) is 25.6 Å². The predicted molar refractivity (Wildman–Crippen MR) is 105 cm³/mol. The second kappa shape index (κ2) is 11.8. The second-order valence-corrected chi connectivity index (χ2v) is 5.59. The number of carbonyl (C=O) groups excluding carboxylic acids is 2. The van der Waals surface area contributed by atoms with Gasteiger partial charge in [0.25, 0.3) is 0 Å². The Morgan fingerprint density at radius 3 is 2.46 bits per heavy atom. The van der Waals surface area contributed by atoms with Crippen LogP contribution in [0, 0.1) is 0 Å². The van der Waals surface area contributed by atoms with E-state index in [-0.39, 0.29) is 29.5 Å². The smallest absolute Gasteiger partial charge is 0.343 e. The van der Waals surface area contributed by atoms with Crippen molar-refractivity contribution < 1.29 is 28.2 Å². The molecule has 8 heteroatoms. The van der Waals surface area contributed by atoms with Crippen molar-refractivity contribution in [3.05, 3.63) is 58.7 Å². The standard InChI is InChI=1S/C18H17ClFNO5.C2H6/c1-11(22)21-14-7-8-15(12(19)9-13(14)20)26-17-6-4-3-5-16(17)25-10-18(23)24-2;1-2/h3-7,9H,8,10H2,1-2H3,(H,21,22);1-2H3. The van der Waals surface area contributed by atoms with Crippen LogP contribution in [0.2, 0.25) is 0 Å². The molecule has 28 heavy (non-hydrogen) atoms. The van der Waals surface area contributed by atoms with Gasteiger partial charge in [-0.1, -0.05) is 43.7 Å². The largest absolute Gasteiger partial charge is 0.478 e.